The quantitative estimate of drug-likeness (QED) is 0.502. The number of aryl methyl sites for hydroxylation is 1. The molecule has 3 rings (SSSR count). The number of carbonyl (C=O) groups is 1. The topological polar surface area (TPSA) is 85.8 Å². The first-order valence-electron chi connectivity index (χ1n) is 9.06. The van der Waals surface area contributed by atoms with Gasteiger partial charge in [-0.2, -0.15) is 0 Å². The molecule has 0 aliphatic heterocycles. The van der Waals surface area contributed by atoms with Crippen LogP contribution in [0.4, 0.5) is 5.69 Å². The van der Waals surface area contributed by atoms with Crippen LogP contribution >= 0.6 is 11.8 Å². The maximum atomic E-state index is 13.1. The smallest absolute Gasteiger partial charge is 0.242 e. The molecule has 1 unspecified atom stereocenters. The second-order valence-corrected chi connectivity index (χ2v) is 8.76. The molecule has 3 aromatic rings. The van der Waals surface area contributed by atoms with Crippen molar-refractivity contribution in [2.75, 3.05) is 11.2 Å². The Kier molecular flexibility index (Phi) is 5.74. The molecule has 0 bridgehead atoms. The molecule has 0 saturated heterocycles. The van der Waals surface area contributed by atoms with Crippen LogP contribution in [0.3, 0.4) is 0 Å². The SMILES string of the molecule is Cc1ccc(NC(=O)C(Sc2nnc(C(C)(C)C)n2N)c2ccccc2)cc1. The van der Waals surface area contributed by atoms with Crippen LogP contribution in [0.15, 0.2) is 59.8 Å². The summed E-state index contributed by atoms with van der Waals surface area (Å²) >= 11 is 1.29. The van der Waals surface area contributed by atoms with E-state index in [4.69, 9.17) is 5.84 Å². The van der Waals surface area contributed by atoms with Crippen molar-refractivity contribution in [3.05, 3.63) is 71.5 Å². The number of nitrogens with one attached hydrogen (secondary N) is 1. The van der Waals surface area contributed by atoms with Crippen molar-refractivity contribution < 1.29 is 4.79 Å². The lowest BCUT2D eigenvalue weighted by Crippen LogP contribution is -2.25. The van der Waals surface area contributed by atoms with Crippen LogP contribution in [0.1, 0.15) is 43.0 Å². The van der Waals surface area contributed by atoms with E-state index in [1.165, 1.54) is 16.4 Å². The number of hydrogen-bond donors (Lipinski definition) is 2. The fraction of sp³-hybridized carbons (Fsp3) is 0.286. The second-order valence-electron chi connectivity index (χ2n) is 7.69. The second kappa shape index (κ2) is 8.06. The third-order valence-corrected chi connectivity index (χ3v) is 5.43. The van der Waals surface area contributed by atoms with E-state index in [0.29, 0.717) is 11.0 Å². The molecular weight excluding hydrogens is 370 g/mol. The van der Waals surface area contributed by atoms with Gasteiger partial charge in [-0.3, -0.25) is 4.79 Å². The van der Waals surface area contributed by atoms with E-state index in [1.54, 1.807) is 0 Å². The third-order valence-electron chi connectivity index (χ3n) is 4.22. The molecule has 0 radical (unpaired) electrons. The van der Waals surface area contributed by atoms with E-state index in [0.717, 1.165) is 16.8 Å². The number of rotatable bonds is 5. The van der Waals surface area contributed by atoms with Crippen molar-refractivity contribution in [2.45, 2.75) is 43.5 Å². The van der Waals surface area contributed by atoms with E-state index in [9.17, 15) is 4.79 Å². The Morgan fingerprint density at radius 1 is 1.07 bits per heavy atom. The Labute approximate surface area is 169 Å². The lowest BCUT2D eigenvalue weighted by molar-refractivity contribution is -0.115. The van der Waals surface area contributed by atoms with Gasteiger partial charge in [0.2, 0.25) is 11.1 Å². The van der Waals surface area contributed by atoms with Crippen LogP contribution in [-0.4, -0.2) is 20.8 Å². The zero-order chi connectivity index (χ0) is 20.3. The molecule has 146 valence electrons. The summed E-state index contributed by atoms with van der Waals surface area (Å²) in [5.74, 6) is 6.75. The van der Waals surface area contributed by atoms with Crippen LogP contribution in [0.25, 0.3) is 0 Å². The minimum absolute atomic E-state index is 0.139. The standard InChI is InChI=1S/C21H25N5OS/c1-14-10-12-16(13-11-14)23-18(27)17(15-8-6-5-7-9-15)28-20-25-24-19(26(20)22)21(2,3)4/h5-13,17H,22H2,1-4H3,(H,23,27). The van der Waals surface area contributed by atoms with Crippen molar-refractivity contribution >= 4 is 23.4 Å². The first-order chi connectivity index (χ1) is 13.3. The molecule has 0 spiro atoms. The van der Waals surface area contributed by atoms with Crippen LogP contribution in [-0.2, 0) is 10.2 Å². The van der Waals surface area contributed by atoms with Gasteiger partial charge in [0.1, 0.15) is 5.25 Å². The van der Waals surface area contributed by atoms with Gasteiger partial charge in [0.15, 0.2) is 5.82 Å². The summed E-state index contributed by atoms with van der Waals surface area (Å²) in [6.45, 7) is 8.07. The van der Waals surface area contributed by atoms with Gasteiger partial charge < -0.3 is 11.2 Å². The van der Waals surface area contributed by atoms with E-state index in [1.807, 2.05) is 82.3 Å². The van der Waals surface area contributed by atoms with Gasteiger partial charge in [-0.05, 0) is 24.6 Å². The molecule has 0 aliphatic carbocycles. The molecule has 1 heterocycles. The van der Waals surface area contributed by atoms with Gasteiger partial charge in [0.25, 0.3) is 0 Å². The van der Waals surface area contributed by atoms with Crippen LogP contribution in [0.2, 0.25) is 0 Å². The highest BCUT2D eigenvalue weighted by Crippen LogP contribution is 2.36. The average Bonchev–Trinajstić information content (AvgIpc) is 3.03. The number of aromatic nitrogens is 3. The molecule has 28 heavy (non-hydrogen) atoms. The highest BCUT2D eigenvalue weighted by atomic mass is 32.2. The summed E-state index contributed by atoms with van der Waals surface area (Å²) in [5.41, 5.74) is 2.52. The van der Waals surface area contributed by atoms with Crippen molar-refractivity contribution in [3.8, 4) is 0 Å². The summed E-state index contributed by atoms with van der Waals surface area (Å²) in [6, 6.07) is 17.3. The molecule has 0 fully saturated rings. The molecule has 0 saturated carbocycles. The number of nitrogens with two attached hydrogens (primary N) is 1. The molecule has 3 N–H and O–H groups in total. The molecule has 7 heteroatoms. The molecular formula is C21H25N5OS. The highest BCUT2D eigenvalue weighted by Gasteiger charge is 2.28. The van der Waals surface area contributed by atoms with Crippen LogP contribution < -0.4 is 11.2 Å². The number of nitrogens with zero attached hydrogens (tertiary/aromatic N) is 3. The van der Waals surface area contributed by atoms with Gasteiger partial charge in [-0.1, -0.05) is 80.6 Å². The number of anilines is 1. The third kappa shape index (κ3) is 4.54. The Hall–Kier alpha value is -2.80. The molecule has 1 amide bonds. The first kappa shape index (κ1) is 19.9. The minimum Gasteiger partial charge on any atom is -0.336 e. The molecule has 1 aromatic heterocycles. The van der Waals surface area contributed by atoms with Gasteiger partial charge in [-0.25, -0.2) is 4.68 Å². The lowest BCUT2D eigenvalue weighted by atomic mass is 9.96. The van der Waals surface area contributed by atoms with Gasteiger partial charge >= 0.3 is 0 Å². The maximum Gasteiger partial charge on any atom is 0.242 e. The average molecular weight is 396 g/mol. The molecule has 6 nitrogen and oxygen atoms in total. The molecule has 0 aliphatic rings. The number of thioether (sulfide) groups is 1. The van der Waals surface area contributed by atoms with Crippen LogP contribution in [0.5, 0.6) is 0 Å². The molecule has 2 aromatic carbocycles. The number of carbonyl (C=O) groups excluding carboxylic acids is 1. The summed E-state index contributed by atoms with van der Waals surface area (Å²) in [4.78, 5) is 13.1. The number of amides is 1. The lowest BCUT2D eigenvalue weighted by Gasteiger charge is -2.18. The first-order valence-corrected chi connectivity index (χ1v) is 9.94. The van der Waals surface area contributed by atoms with Crippen molar-refractivity contribution in [1.29, 1.82) is 0 Å². The molecule has 1 atom stereocenters. The highest BCUT2D eigenvalue weighted by molar-refractivity contribution is 8.00. The number of benzene rings is 2. The Bertz CT molecular complexity index is 945. The van der Waals surface area contributed by atoms with Gasteiger partial charge in [0, 0.05) is 11.1 Å². The zero-order valence-corrected chi connectivity index (χ0v) is 17.3. The number of nitrogen functional groups attached to an aromatic ring is 1. The Morgan fingerprint density at radius 3 is 2.29 bits per heavy atom. The predicted molar refractivity (Wildman–Crippen MR) is 114 cm³/mol. The normalized spacial score (nSPS) is 12.6. The van der Waals surface area contributed by atoms with E-state index >= 15 is 0 Å². The summed E-state index contributed by atoms with van der Waals surface area (Å²) in [7, 11) is 0. The van der Waals surface area contributed by atoms with Crippen LogP contribution in [0, 0.1) is 6.92 Å². The summed E-state index contributed by atoms with van der Waals surface area (Å²) in [6.07, 6.45) is 0. The van der Waals surface area contributed by atoms with E-state index < -0.39 is 5.25 Å². The summed E-state index contributed by atoms with van der Waals surface area (Å²) in [5, 5.41) is 11.4. The predicted octanol–water partition coefficient (Wildman–Crippen LogP) is 4.07. The van der Waals surface area contributed by atoms with Gasteiger partial charge in [0.05, 0.1) is 0 Å². The largest absolute Gasteiger partial charge is 0.336 e. The van der Waals surface area contributed by atoms with Crippen molar-refractivity contribution in [3.63, 3.8) is 0 Å². The fourth-order valence-electron chi connectivity index (χ4n) is 2.72. The Morgan fingerprint density at radius 2 is 1.71 bits per heavy atom. The zero-order valence-electron chi connectivity index (χ0n) is 16.5. The van der Waals surface area contributed by atoms with Crippen molar-refractivity contribution in [2.24, 2.45) is 0 Å². The van der Waals surface area contributed by atoms with Crippen molar-refractivity contribution in [1.82, 2.24) is 14.9 Å². The number of hydrogen-bond acceptors (Lipinski definition) is 5. The van der Waals surface area contributed by atoms with E-state index in [2.05, 4.69) is 15.5 Å². The Balaban J connectivity index is 1.89. The monoisotopic (exact) mass is 395 g/mol. The maximum absolute atomic E-state index is 13.1. The minimum atomic E-state index is -0.512. The van der Waals surface area contributed by atoms with E-state index in [-0.39, 0.29) is 11.3 Å². The van der Waals surface area contributed by atoms with Gasteiger partial charge in [-0.15, -0.1) is 10.2 Å². The fourth-order valence-corrected chi connectivity index (χ4v) is 3.68. The summed E-state index contributed by atoms with van der Waals surface area (Å²) < 4.78 is 1.47.